The summed E-state index contributed by atoms with van der Waals surface area (Å²) in [6, 6.07) is 2.06. The zero-order chi connectivity index (χ0) is 7.68. The molecule has 3 heteroatoms. The van der Waals surface area contributed by atoms with Crippen LogP contribution in [-0.4, -0.2) is 11.5 Å². The van der Waals surface area contributed by atoms with E-state index in [2.05, 4.69) is 39.0 Å². The minimum atomic E-state index is 1.07. The van der Waals surface area contributed by atoms with Gasteiger partial charge >= 0.3 is 0 Å². The van der Waals surface area contributed by atoms with Crippen molar-refractivity contribution in [2.75, 3.05) is 11.9 Å². The number of aromatic nitrogens is 1. The van der Waals surface area contributed by atoms with Gasteiger partial charge in [0.15, 0.2) is 0 Å². The van der Waals surface area contributed by atoms with Crippen molar-refractivity contribution in [2.24, 2.45) is 0 Å². The summed E-state index contributed by atoms with van der Waals surface area (Å²) in [7, 11) is 0. The molecule has 1 aliphatic heterocycles. The third-order valence-corrected chi connectivity index (χ3v) is 2.91. The van der Waals surface area contributed by atoms with Crippen LogP contribution in [0, 0.1) is 3.57 Å². The van der Waals surface area contributed by atoms with Gasteiger partial charge in [0, 0.05) is 21.9 Å². The van der Waals surface area contributed by atoms with E-state index in [1.807, 2.05) is 6.20 Å². The van der Waals surface area contributed by atoms with Gasteiger partial charge in [-0.25, -0.2) is 4.98 Å². The number of pyridine rings is 1. The molecule has 0 saturated carbocycles. The van der Waals surface area contributed by atoms with Crippen LogP contribution >= 0.6 is 22.6 Å². The van der Waals surface area contributed by atoms with E-state index in [4.69, 9.17) is 0 Å². The van der Waals surface area contributed by atoms with Crippen molar-refractivity contribution in [2.45, 2.75) is 12.8 Å². The molecule has 1 N–H and O–H groups in total. The number of halogens is 1. The quantitative estimate of drug-likeness (QED) is 0.722. The smallest absolute Gasteiger partial charge is 0.130 e. The molecule has 1 aliphatic rings. The van der Waals surface area contributed by atoms with Crippen molar-refractivity contribution in [3.63, 3.8) is 0 Å². The molecule has 0 bridgehead atoms. The van der Waals surface area contributed by atoms with Gasteiger partial charge in [-0.05, 0) is 41.5 Å². The van der Waals surface area contributed by atoms with Crippen LogP contribution in [0.2, 0.25) is 0 Å². The second-order valence-corrected chi connectivity index (χ2v) is 3.81. The fraction of sp³-hybridized carbons (Fsp3) is 0.375. The average molecular weight is 260 g/mol. The van der Waals surface area contributed by atoms with E-state index in [1.54, 1.807) is 0 Å². The average Bonchev–Trinajstić information content (AvgIpc) is 2.06. The van der Waals surface area contributed by atoms with Crippen LogP contribution in [0.5, 0.6) is 0 Å². The Morgan fingerprint density at radius 3 is 3.27 bits per heavy atom. The molecular formula is C8H9IN2. The zero-order valence-corrected chi connectivity index (χ0v) is 8.26. The largest absolute Gasteiger partial charge is 0.370 e. The second kappa shape index (κ2) is 2.97. The van der Waals surface area contributed by atoms with Gasteiger partial charge in [-0.2, -0.15) is 0 Å². The van der Waals surface area contributed by atoms with Gasteiger partial charge in [0.1, 0.15) is 5.82 Å². The lowest BCUT2D eigenvalue weighted by molar-refractivity contribution is 0.813. The van der Waals surface area contributed by atoms with Crippen molar-refractivity contribution in [3.05, 3.63) is 21.4 Å². The molecule has 2 heterocycles. The molecule has 0 aromatic carbocycles. The van der Waals surface area contributed by atoms with Crippen molar-refractivity contribution >= 4 is 28.4 Å². The number of anilines is 1. The highest BCUT2D eigenvalue weighted by atomic mass is 127. The van der Waals surface area contributed by atoms with E-state index in [-0.39, 0.29) is 0 Å². The SMILES string of the molecule is Ic1ccnc2c1CCCN2. The van der Waals surface area contributed by atoms with Crippen LogP contribution in [0.4, 0.5) is 5.82 Å². The van der Waals surface area contributed by atoms with Gasteiger partial charge in [-0.15, -0.1) is 0 Å². The standard InChI is InChI=1S/C8H9IN2/c9-7-3-5-11-8-6(7)2-1-4-10-8/h3,5H,1-2,4H2,(H,10,11). The van der Waals surface area contributed by atoms with Gasteiger partial charge in [-0.3, -0.25) is 0 Å². The van der Waals surface area contributed by atoms with Crippen molar-refractivity contribution in [1.29, 1.82) is 0 Å². The molecule has 1 aromatic heterocycles. The van der Waals surface area contributed by atoms with E-state index in [0.717, 1.165) is 12.4 Å². The van der Waals surface area contributed by atoms with E-state index < -0.39 is 0 Å². The second-order valence-electron chi connectivity index (χ2n) is 2.65. The van der Waals surface area contributed by atoms with Gasteiger partial charge in [-0.1, -0.05) is 0 Å². The molecular weight excluding hydrogens is 251 g/mol. The summed E-state index contributed by atoms with van der Waals surface area (Å²) in [5.41, 5.74) is 1.39. The van der Waals surface area contributed by atoms with E-state index >= 15 is 0 Å². The fourth-order valence-corrected chi connectivity index (χ4v) is 2.02. The van der Waals surface area contributed by atoms with Crippen molar-refractivity contribution < 1.29 is 0 Å². The lowest BCUT2D eigenvalue weighted by atomic mass is 10.1. The Balaban J connectivity index is 2.49. The first kappa shape index (κ1) is 7.34. The fourth-order valence-electron chi connectivity index (χ4n) is 1.33. The van der Waals surface area contributed by atoms with Crippen LogP contribution in [0.1, 0.15) is 12.0 Å². The molecule has 2 rings (SSSR count). The van der Waals surface area contributed by atoms with Crippen LogP contribution in [0.25, 0.3) is 0 Å². The maximum atomic E-state index is 4.26. The molecule has 0 radical (unpaired) electrons. The summed E-state index contributed by atoms with van der Waals surface area (Å²) < 4.78 is 1.33. The minimum absolute atomic E-state index is 1.07. The topological polar surface area (TPSA) is 24.9 Å². The summed E-state index contributed by atoms with van der Waals surface area (Å²) in [5, 5.41) is 3.29. The first-order chi connectivity index (χ1) is 5.38. The highest BCUT2D eigenvalue weighted by Gasteiger charge is 2.11. The maximum absolute atomic E-state index is 4.26. The molecule has 0 fully saturated rings. The lowest BCUT2D eigenvalue weighted by Crippen LogP contribution is -2.14. The molecule has 58 valence electrons. The predicted molar refractivity (Wildman–Crippen MR) is 53.8 cm³/mol. The monoisotopic (exact) mass is 260 g/mol. The van der Waals surface area contributed by atoms with Gasteiger partial charge in [0.25, 0.3) is 0 Å². The Hall–Kier alpha value is -0.320. The lowest BCUT2D eigenvalue weighted by Gasteiger charge is -2.17. The van der Waals surface area contributed by atoms with E-state index in [0.29, 0.717) is 0 Å². The Bertz CT molecular complexity index is 273. The molecule has 11 heavy (non-hydrogen) atoms. The Morgan fingerprint density at radius 1 is 1.55 bits per heavy atom. The van der Waals surface area contributed by atoms with Crippen LogP contribution < -0.4 is 5.32 Å². The summed E-state index contributed by atoms with van der Waals surface area (Å²) in [5.74, 6) is 1.09. The number of nitrogens with zero attached hydrogens (tertiary/aromatic N) is 1. The van der Waals surface area contributed by atoms with Gasteiger partial charge < -0.3 is 5.32 Å². The molecule has 0 unspecified atom stereocenters. The van der Waals surface area contributed by atoms with Crippen molar-refractivity contribution in [1.82, 2.24) is 4.98 Å². The number of nitrogens with one attached hydrogen (secondary N) is 1. The third kappa shape index (κ3) is 1.34. The summed E-state index contributed by atoms with van der Waals surface area (Å²) >= 11 is 2.36. The van der Waals surface area contributed by atoms with Gasteiger partial charge in [0.2, 0.25) is 0 Å². The highest BCUT2D eigenvalue weighted by Crippen LogP contribution is 2.23. The maximum Gasteiger partial charge on any atom is 0.130 e. The molecule has 0 amide bonds. The normalized spacial score (nSPS) is 15.4. The Labute approximate surface area is 79.6 Å². The summed E-state index contributed by atoms with van der Waals surface area (Å²) in [4.78, 5) is 4.26. The van der Waals surface area contributed by atoms with Crippen LogP contribution in [0.3, 0.4) is 0 Å². The molecule has 2 nitrogen and oxygen atoms in total. The van der Waals surface area contributed by atoms with Gasteiger partial charge in [0.05, 0.1) is 0 Å². The van der Waals surface area contributed by atoms with Crippen molar-refractivity contribution in [3.8, 4) is 0 Å². The predicted octanol–water partition coefficient (Wildman–Crippen LogP) is 2.04. The zero-order valence-electron chi connectivity index (χ0n) is 6.10. The first-order valence-corrected chi connectivity index (χ1v) is 4.83. The third-order valence-electron chi connectivity index (χ3n) is 1.89. The van der Waals surface area contributed by atoms with E-state index in [1.165, 1.54) is 22.0 Å². The molecule has 0 atom stereocenters. The molecule has 0 spiro atoms. The molecule has 0 aliphatic carbocycles. The molecule has 0 saturated heterocycles. The summed E-state index contributed by atoms with van der Waals surface area (Å²) in [6.07, 6.45) is 4.27. The first-order valence-electron chi connectivity index (χ1n) is 3.75. The van der Waals surface area contributed by atoms with E-state index in [9.17, 15) is 0 Å². The minimum Gasteiger partial charge on any atom is -0.370 e. The number of fused-ring (bicyclic) bond motifs is 1. The molecule has 1 aromatic rings. The van der Waals surface area contributed by atoms with Crippen LogP contribution in [-0.2, 0) is 6.42 Å². The highest BCUT2D eigenvalue weighted by molar-refractivity contribution is 14.1. The number of hydrogen-bond acceptors (Lipinski definition) is 2. The number of rotatable bonds is 0. The Kier molecular flexibility index (Phi) is 1.98. The summed E-state index contributed by atoms with van der Waals surface area (Å²) in [6.45, 7) is 1.07. The van der Waals surface area contributed by atoms with Crippen LogP contribution in [0.15, 0.2) is 12.3 Å². The number of hydrogen-bond donors (Lipinski definition) is 1. The Morgan fingerprint density at radius 2 is 2.45 bits per heavy atom.